The molecule has 1 atom stereocenters. The minimum Gasteiger partial charge on any atom is -0.336 e. The van der Waals surface area contributed by atoms with Crippen LogP contribution in [0.5, 0.6) is 0 Å². The Morgan fingerprint density at radius 1 is 1.26 bits per heavy atom. The lowest BCUT2D eigenvalue weighted by molar-refractivity contribution is 0.0729. The topological polar surface area (TPSA) is 85.0 Å². The molecule has 7 heteroatoms. The number of carbonyl (C=O) groups excluding carboxylic acids is 1. The van der Waals surface area contributed by atoms with Gasteiger partial charge in [0.05, 0.1) is 11.1 Å². The summed E-state index contributed by atoms with van der Waals surface area (Å²) >= 11 is 0. The number of aryl methyl sites for hydroxylation is 2. The second-order valence-corrected chi connectivity index (χ2v) is 6.78. The Balaban J connectivity index is 1.41. The highest BCUT2D eigenvalue weighted by Crippen LogP contribution is 2.25. The van der Waals surface area contributed by atoms with Gasteiger partial charge in [0.1, 0.15) is 0 Å². The van der Waals surface area contributed by atoms with E-state index in [4.69, 9.17) is 4.52 Å². The van der Waals surface area contributed by atoms with Gasteiger partial charge in [-0.25, -0.2) is 0 Å². The van der Waals surface area contributed by atoms with Crippen molar-refractivity contribution in [1.29, 1.82) is 0 Å². The van der Waals surface area contributed by atoms with Gasteiger partial charge < -0.3 is 9.42 Å². The molecule has 1 aliphatic rings. The zero-order valence-electron chi connectivity index (χ0n) is 15.2. The zero-order chi connectivity index (χ0) is 18.6. The molecule has 0 aromatic carbocycles. The molecule has 1 saturated heterocycles. The Bertz CT molecular complexity index is 925. The highest BCUT2D eigenvalue weighted by molar-refractivity contribution is 5.95. The van der Waals surface area contributed by atoms with Crippen LogP contribution in [0.2, 0.25) is 0 Å². The van der Waals surface area contributed by atoms with E-state index in [1.807, 2.05) is 30.0 Å². The molecule has 0 spiro atoms. The fourth-order valence-electron chi connectivity index (χ4n) is 3.50. The molecule has 0 aliphatic carbocycles. The summed E-state index contributed by atoms with van der Waals surface area (Å²) in [5.41, 5.74) is 2.45. The van der Waals surface area contributed by atoms with Gasteiger partial charge in [-0.3, -0.25) is 14.8 Å². The van der Waals surface area contributed by atoms with Crippen LogP contribution in [0, 0.1) is 6.92 Å². The maximum absolute atomic E-state index is 12.9. The van der Waals surface area contributed by atoms with Crippen LogP contribution in [0.15, 0.2) is 47.5 Å². The van der Waals surface area contributed by atoms with Crippen molar-refractivity contribution in [2.45, 2.75) is 38.6 Å². The van der Waals surface area contributed by atoms with Gasteiger partial charge in [0.25, 0.3) is 11.8 Å². The van der Waals surface area contributed by atoms with E-state index >= 15 is 0 Å². The fourth-order valence-corrected chi connectivity index (χ4v) is 3.50. The molecule has 3 aromatic heterocycles. The van der Waals surface area contributed by atoms with E-state index in [2.05, 4.69) is 20.1 Å². The highest BCUT2D eigenvalue weighted by atomic mass is 16.5. The average Bonchev–Trinajstić information content (AvgIpc) is 3.36. The maximum Gasteiger partial charge on any atom is 0.259 e. The smallest absolute Gasteiger partial charge is 0.259 e. The van der Waals surface area contributed by atoms with E-state index in [9.17, 15) is 4.79 Å². The number of rotatable bonds is 5. The molecule has 1 amide bonds. The molecule has 3 aromatic rings. The first-order valence-corrected chi connectivity index (χ1v) is 9.17. The molecule has 1 aliphatic heterocycles. The van der Waals surface area contributed by atoms with Gasteiger partial charge in [-0.2, -0.15) is 4.98 Å². The van der Waals surface area contributed by atoms with Gasteiger partial charge in [-0.1, -0.05) is 5.16 Å². The van der Waals surface area contributed by atoms with E-state index in [0.29, 0.717) is 23.7 Å². The van der Waals surface area contributed by atoms with Crippen molar-refractivity contribution in [2.24, 2.45) is 0 Å². The third-order valence-electron chi connectivity index (χ3n) is 4.99. The molecule has 0 bridgehead atoms. The molecule has 1 unspecified atom stereocenters. The Hall–Kier alpha value is -3.09. The average molecular weight is 363 g/mol. The first-order valence-electron chi connectivity index (χ1n) is 9.17. The zero-order valence-corrected chi connectivity index (χ0v) is 15.2. The SMILES string of the molecule is Cc1ccncc1C(=O)N1CCCC1CCc1noc(-c2cccnc2)n1. The molecule has 7 nitrogen and oxygen atoms in total. The predicted molar refractivity (Wildman–Crippen MR) is 98.9 cm³/mol. The number of amides is 1. The summed E-state index contributed by atoms with van der Waals surface area (Å²) in [6.45, 7) is 2.73. The molecular formula is C20H21N5O2. The summed E-state index contributed by atoms with van der Waals surface area (Å²) in [5, 5.41) is 4.07. The molecule has 0 N–H and O–H groups in total. The number of pyridine rings is 2. The lowest BCUT2D eigenvalue weighted by atomic mass is 10.1. The monoisotopic (exact) mass is 363 g/mol. The number of hydrogen-bond donors (Lipinski definition) is 0. The molecule has 1 fully saturated rings. The Morgan fingerprint density at radius 2 is 2.15 bits per heavy atom. The molecule has 4 rings (SSSR count). The van der Waals surface area contributed by atoms with Crippen LogP contribution in [0.1, 0.15) is 41.0 Å². The second-order valence-electron chi connectivity index (χ2n) is 6.78. The van der Waals surface area contributed by atoms with Crippen LogP contribution in [-0.4, -0.2) is 43.5 Å². The van der Waals surface area contributed by atoms with Gasteiger partial charge in [0, 0.05) is 43.8 Å². The summed E-state index contributed by atoms with van der Waals surface area (Å²) in [6, 6.07) is 5.79. The lowest BCUT2D eigenvalue weighted by Gasteiger charge is -2.25. The van der Waals surface area contributed by atoms with Crippen molar-refractivity contribution < 1.29 is 9.32 Å². The summed E-state index contributed by atoms with van der Waals surface area (Å²) in [7, 11) is 0. The maximum atomic E-state index is 12.9. The number of hydrogen-bond acceptors (Lipinski definition) is 6. The molecular weight excluding hydrogens is 342 g/mol. The van der Waals surface area contributed by atoms with Crippen molar-refractivity contribution >= 4 is 5.91 Å². The van der Waals surface area contributed by atoms with E-state index in [1.54, 1.807) is 24.8 Å². The quantitative estimate of drug-likeness (QED) is 0.692. The van der Waals surface area contributed by atoms with E-state index in [-0.39, 0.29) is 11.9 Å². The lowest BCUT2D eigenvalue weighted by Crippen LogP contribution is -2.36. The van der Waals surface area contributed by atoms with Gasteiger partial charge >= 0.3 is 0 Å². The Labute approximate surface area is 157 Å². The minimum absolute atomic E-state index is 0.0623. The Kier molecular flexibility index (Phi) is 4.91. The third-order valence-corrected chi connectivity index (χ3v) is 4.99. The molecule has 0 saturated carbocycles. The first kappa shape index (κ1) is 17.3. The molecule has 27 heavy (non-hydrogen) atoms. The van der Waals surface area contributed by atoms with E-state index in [1.165, 1.54) is 0 Å². The van der Waals surface area contributed by atoms with E-state index in [0.717, 1.165) is 36.9 Å². The van der Waals surface area contributed by atoms with Crippen molar-refractivity contribution in [2.75, 3.05) is 6.54 Å². The van der Waals surface area contributed by atoms with Gasteiger partial charge in [0.15, 0.2) is 5.82 Å². The third kappa shape index (κ3) is 3.72. The van der Waals surface area contributed by atoms with Crippen LogP contribution >= 0.6 is 0 Å². The molecule has 4 heterocycles. The fraction of sp³-hybridized carbons (Fsp3) is 0.350. The van der Waals surface area contributed by atoms with Gasteiger partial charge in [-0.05, 0) is 49.9 Å². The Morgan fingerprint density at radius 3 is 2.96 bits per heavy atom. The van der Waals surface area contributed by atoms with Gasteiger partial charge in [-0.15, -0.1) is 0 Å². The normalized spacial score (nSPS) is 16.6. The second kappa shape index (κ2) is 7.65. The largest absolute Gasteiger partial charge is 0.336 e. The van der Waals surface area contributed by atoms with Crippen molar-refractivity contribution in [3.05, 3.63) is 59.9 Å². The number of carbonyl (C=O) groups is 1. The van der Waals surface area contributed by atoms with Crippen LogP contribution in [0.4, 0.5) is 0 Å². The van der Waals surface area contributed by atoms with Crippen LogP contribution < -0.4 is 0 Å². The van der Waals surface area contributed by atoms with Crippen molar-refractivity contribution in [3.63, 3.8) is 0 Å². The number of aromatic nitrogens is 4. The van der Waals surface area contributed by atoms with Crippen molar-refractivity contribution in [1.82, 2.24) is 25.0 Å². The summed E-state index contributed by atoms with van der Waals surface area (Å²) in [4.78, 5) is 27.5. The molecule has 138 valence electrons. The molecule has 0 radical (unpaired) electrons. The summed E-state index contributed by atoms with van der Waals surface area (Å²) in [5.74, 6) is 1.20. The predicted octanol–water partition coefficient (Wildman–Crippen LogP) is 3.07. The number of likely N-dealkylation sites (tertiary alicyclic amines) is 1. The van der Waals surface area contributed by atoms with Crippen LogP contribution in [0.3, 0.4) is 0 Å². The van der Waals surface area contributed by atoms with Crippen molar-refractivity contribution in [3.8, 4) is 11.5 Å². The van der Waals surface area contributed by atoms with Crippen LogP contribution in [0.25, 0.3) is 11.5 Å². The highest BCUT2D eigenvalue weighted by Gasteiger charge is 2.30. The van der Waals surface area contributed by atoms with Gasteiger partial charge in [0.2, 0.25) is 0 Å². The minimum atomic E-state index is 0.0623. The first-order chi connectivity index (χ1) is 13.2. The standard InChI is InChI=1S/C20H21N5O2/c1-14-8-10-22-13-17(14)20(26)25-11-3-5-16(25)6-7-18-23-19(27-24-18)15-4-2-9-21-12-15/h2,4,8-10,12-13,16H,3,5-7,11H2,1H3. The number of nitrogens with zero attached hydrogens (tertiary/aromatic N) is 5. The summed E-state index contributed by atoms with van der Waals surface area (Å²) in [6.07, 6.45) is 10.3. The van der Waals surface area contributed by atoms with E-state index < -0.39 is 0 Å². The summed E-state index contributed by atoms with van der Waals surface area (Å²) < 4.78 is 5.34. The van der Waals surface area contributed by atoms with Crippen LogP contribution in [-0.2, 0) is 6.42 Å².